The number of tetrazole rings is 1. The number of thioether (sulfide) groups is 1. The Kier molecular flexibility index (Phi) is 6.12. The van der Waals surface area contributed by atoms with Gasteiger partial charge >= 0.3 is 6.36 Å². The van der Waals surface area contributed by atoms with Crippen LogP contribution < -0.4 is 4.74 Å². The smallest absolute Gasteiger partial charge is 0.406 e. The van der Waals surface area contributed by atoms with Crippen LogP contribution in [0.15, 0.2) is 59.8 Å². The Hall–Kier alpha value is -3.08. The second-order valence-corrected chi connectivity index (χ2v) is 7.93. The van der Waals surface area contributed by atoms with Crippen molar-refractivity contribution >= 4 is 17.7 Å². The van der Waals surface area contributed by atoms with E-state index in [2.05, 4.69) is 20.3 Å². The molecule has 4 rings (SSSR count). The third-order valence-electron chi connectivity index (χ3n) is 4.72. The van der Waals surface area contributed by atoms with Crippen molar-refractivity contribution < 1.29 is 22.7 Å². The number of aromatic nitrogens is 4. The SMILES string of the molecule is O=C([C@@H](Sc1nnnn1-c1ccc(OC(F)(F)F)cc1)c1ccccc1)N1CCCC1. The minimum Gasteiger partial charge on any atom is -0.406 e. The summed E-state index contributed by atoms with van der Waals surface area (Å²) < 4.78 is 42.4. The minimum atomic E-state index is -4.77. The average molecular weight is 449 g/mol. The zero-order valence-electron chi connectivity index (χ0n) is 16.2. The Balaban J connectivity index is 1.59. The van der Waals surface area contributed by atoms with Crippen molar-refractivity contribution in [2.45, 2.75) is 29.6 Å². The van der Waals surface area contributed by atoms with E-state index in [9.17, 15) is 18.0 Å². The number of nitrogens with zero attached hydrogens (tertiary/aromatic N) is 5. The van der Waals surface area contributed by atoms with Gasteiger partial charge in [-0.1, -0.05) is 42.1 Å². The van der Waals surface area contributed by atoms with Gasteiger partial charge in [-0.2, -0.15) is 4.68 Å². The van der Waals surface area contributed by atoms with Crippen molar-refractivity contribution in [3.8, 4) is 11.4 Å². The molecule has 31 heavy (non-hydrogen) atoms. The van der Waals surface area contributed by atoms with E-state index in [0.29, 0.717) is 23.9 Å². The number of halogens is 3. The number of carbonyl (C=O) groups excluding carboxylic acids is 1. The summed E-state index contributed by atoms with van der Waals surface area (Å²) in [5.74, 6) is -0.359. The predicted octanol–water partition coefficient (Wildman–Crippen LogP) is 4.02. The number of hydrogen-bond acceptors (Lipinski definition) is 6. The van der Waals surface area contributed by atoms with Crippen LogP contribution in [0.5, 0.6) is 5.75 Å². The second-order valence-electron chi connectivity index (χ2n) is 6.86. The molecule has 0 bridgehead atoms. The number of amides is 1. The van der Waals surface area contributed by atoms with Gasteiger partial charge in [-0.3, -0.25) is 4.79 Å². The molecule has 2 aromatic carbocycles. The first-order valence-corrected chi connectivity index (χ1v) is 10.4. The van der Waals surface area contributed by atoms with E-state index in [1.54, 1.807) is 0 Å². The lowest BCUT2D eigenvalue weighted by molar-refractivity contribution is -0.274. The van der Waals surface area contributed by atoms with E-state index in [4.69, 9.17) is 0 Å². The molecule has 1 aliphatic rings. The van der Waals surface area contributed by atoms with Gasteiger partial charge in [-0.15, -0.1) is 18.3 Å². The van der Waals surface area contributed by atoms with E-state index < -0.39 is 11.6 Å². The van der Waals surface area contributed by atoms with Gasteiger partial charge in [0.15, 0.2) is 0 Å². The molecule has 0 aliphatic carbocycles. The molecule has 0 unspecified atom stereocenters. The summed E-state index contributed by atoms with van der Waals surface area (Å²) in [6.45, 7) is 1.43. The number of alkyl halides is 3. The molecule has 1 aliphatic heterocycles. The van der Waals surface area contributed by atoms with Crippen LogP contribution in [0.25, 0.3) is 5.69 Å². The van der Waals surface area contributed by atoms with Crippen LogP contribution >= 0.6 is 11.8 Å². The van der Waals surface area contributed by atoms with Crippen molar-refractivity contribution in [1.29, 1.82) is 0 Å². The molecular weight excluding hydrogens is 431 g/mol. The Morgan fingerprint density at radius 1 is 1.03 bits per heavy atom. The topological polar surface area (TPSA) is 73.1 Å². The fourth-order valence-corrected chi connectivity index (χ4v) is 4.38. The third kappa shape index (κ3) is 5.16. The van der Waals surface area contributed by atoms with E-state index in [-0.39, 0.29) is 11.7 Å². The number of carbonyl (C=O) groups is 1. The van der Waals surface area contributed by atoms with E-state index in [1.165, 1.54) is 40.7 Å². The van der Waals surface area contributed by atoms with Gasteiger partial charge in [0.05, 0.1) is 5.69 Å². The maximum atomic E-state index is 13.2. The van der Waals surface area contributed by atoms with Crippen LogP contribution in [0.4, 0.5) is 13.2 Å². The molecule has 0 spiro atoms. The summed E-state index contributed by atoms with van der Waals surface area (Å²) in [7, 11) is 0. The number of benzene rings is 2. The molecule has 0 saturated carbocycles. The molecule has 0 N–H and O–H groups in total. The van der Waals surface area contributed by atoms with Gasteiger partial charge in [-0.25, -0.2) is 0 Å². The zero-order chi connectivity index (χ0) is 21.8. The molecular formula is C20H18F3N5O2S. The molecule has 0 radical (unpaired) electrons. The number of rotatable bonds is 6. The third-order valence-corrected chi connectivity index (χ3v) is 5.90. The molecule has 2 heterocycles. The van der Waals surface area contributed by atoms with Crippen LogP contribution in [0.3, 0.4) is 0 Å². The average Bonchev–Trinajstić information content (AvgIpc) is 3.44. The minimum absolute atomic E-state index is 0.0165. The largest absolute Gasteiger partial charge is 0.573 e. The van der Waals surface area contributed by atoms with Gasteiger partial charge < -0.3 is 9.64 Å². The maximum Gasteiger partial charge on any atom is 0.573 e. The lowest BCUT2D eigenvalue weighted by atomic mass is 10.1. The van der Waals surface area contributed by atoms with Crippen LogP contribution in [0.1, 0.15) is 23.7 Å². The van der Waals surface area contributed by atoms with Gasteiger partial charge in [-0.05, 0) is 53.1 Å². The molecule has 1 amide bonds. The van der Waals surface area contributed by atoms with Crippen molar-refractivity contribution in [3.05, 3.63) is 60.2 Å². The summed E-state index contributed by atoms with van der Waals surface area (Å²) in [6.07, 6.45) is -2.82. The molecule has 162 valence electrons. The van der Waals surface area contributed by atoms with Crippen LogP contribution in [0, 0.1) is 0 Å². The van der Waals surface area contributed by atoms with Gasteiger partial charge in [0.25, 0.3) is 0 Å². The van der Waals surface area contributed by atoms with Crippen molar-refractivity contribution in [1.82, 2.24) is 25.1 Å². The standard InChI is InChI=1S/C20H18F3N5O2S/c21-20(22,23)30-16-10-8-15(9-11-16)28-19(24-25-26-28)31-17(14-6-2-1-3-7-14)18(29)27-12-4-5-13-27/h1-3,6-11,17H,4-5,12-13H2/t17-/m0/s1. The van der Waals surface area contributed by atoms with Gasteiger partial charge in [0.1, 0.15) is 11.0 Å². The highest BCUT2D eigenvalue weighted by Crippen LogP contribution is 2.37. The number of hydrogen-bond donors (Lipinski definition) is 0. The molecule has 1 aromatic heterocycles. The van der Waals surface area contributed by atoms with E-state index in [0.717, 1.165) is 18.4 Å². The summed E-state index contributed by atoms with van der Waals surface area (Å²) in [5.41, 5.74) is 1.27. The quantitative estimate of drug-likeness (QED) is 0.530. The molecule has 1 atom stereocenters. The van der Waals surface area contributed by atoms with Gasteiger partial charge in [0.2, 0.25) is 11.1 Å². The Labute approximate surface area is 180 Å². The van der Waals surface area contributed by atoms with E-state index in [1.807, 2.05) is 35.2 Å². The Morgan fingerprint density at radius 3 is 2.35 bits per heavy atom. The molecule has 7 nitrogen and oxygen atoms in total. The highest BCUT2D eigenvalue weighted by Gasteiger charge is 2.32. The Morgan fingerprint density at radius 2 is 1.71 bits per heavy atom. The van der Waals surface area contributed by atoms with Crippen LogP contribution in [0.2, 0.25) is 0 Å². The number of likely N-dealkylation sites (tertiary alicyclic amines) is 1. The highest BCUT2D eigenvalue weighted by atomic mass is 32.2. The Bertz CT molecular complexity index is 1020. The first kappa shape index (κ1) is 21.2. The summed E-state index contributed by atoms with van der Waals surface area (Å²) in [6, 6.07) is 14.6. The molecule has 1 saturated heterocycles. The lowest BCUT2D eigenvalue weighted by Crippen LogP contribution is -2.31. The van der Waals surface area contributed by atoms with Crippen LogP contribution in [-0.4, -0.2) is 50.5 Å². The summed E-state index contributed by atoms with van der Waals surface area (Å²) in [5, 5.41) is 11.5. The van der Waals surface area contributed by atoms with Crippen molar-refractivity contribution in [2.75, 3.05) is 13.1 Å². The molecule has 11 heteroatoms. The first-order valence-electron chi connectivity index (χ1n) is 9.56. The number of ether oxygens (including phenoxy) is 1. The highest BCUT2D eigenvalue weighted by molar-refractivity contribution is 8.00. The van der Waals surface area contributed by atoms with E-state index >= 15 is 0 Å². The first-order chi connectivity index (χ1) is 14.9. The predicted molar refractivity (Wildman–Crippen MR) is 107 cm³/mol. The normalized spacial score (nSPS) is 15.1. The monoisotopic (exact) mass is 449 g/mol. The van der Waals surface area contributed by atoms with Crippen molar-refractivity contribution in [3.63, 3.8) is 0 Å². The zero-order valence-corrected chi connectivity index (χ0v) is 17.0. The second kappa shape index (κ2) is 8.96. The summed E-state index contributed by atoms with van der Waals surface area (Å²) >= 11 is 1.20. The molecule has 1 fully saturated rings. The van der Waals surface area contributed by atoms with Gasteiger partial charge in [0, 0.05) is 13.1 Å². The maximum absolute atomic E-state index is 13.2. The van der Waals surface area contributed by atoms with Crippen LogP contribution in [-0.2, 0) is 4.79 Å². The summed E-state index contributed by atoms with van der Waals surface area (Å²) in [4.78, 5) is 15.0. The van der Waals surface area contributed by atoms with Crippen molar-refractivity contribution in [2.24, 2.45) is 0 Å². The fourth-order valence-electron chi connectivity index (χ4n) is 3.30. The lowest BCUT2D eigenvalue weighted by Gasteiger charge is -2.22. The fraction of sp³-hybridized carbons (Fsp3) is 0.300. The molecule has 3 aromatic rings.